The van der Waals surface area contributed by atoms with Gasteiger partial charge in [-0.05, 0) is 35.2 Å². The Morgan fingerprint density at radius 2 is 1.76 bits per heavy atom. The summed E-state index contributed by atoms with van der Waals surface area (Å²) in [6.07, 6.45) is 1.57. The number of nitrogens with zero attached hydrogens (tertiary/aromatic N) is 2. The van der Waals surface area contributed by atoms with E-state index < -0.39 is 5.97 Å². The average Bonchev–Trinajstić information content (AvgIpc) is 2.59. The van der Waals surface area contributed by atoms with Gasteiger partial charge >= 0.3 is 5.97 Å². The Bertz CT molecular complexity index is 762. The topological polar surface area (TPSA) is 70.0 Å². The second-order valence-electron chi connectivity index (χ2n) is 6.35. The van der Waals surface area contributed by atoms with Gasteiger partial charge in [-0.3, -0.25) is 0 Å². The predicted octanol–water partition coefficient (Wildman–Crippen LogP) is 3.69. The Morgan fingerprint density at radius 1 is 1.08 bits per heavy atom. The lowest BCUT2D eigenvalue weighted by atomic mass is 9.87. The molecule has 0 amide bonds. The van der Waals surface area contributed by atoms with Crippen molar-refractivity contribution in [2.24, 2.45) is 5.16 Å². The minimum atomic E-state index is -0.636. The average molecular weight is 342 g/mol. The van der Waals surface area contributed by atoms with Crippen LogP contribution < -0.4 is 4.74 Å². The molecule has 2 rings (SSSR count). The first-order valence-corrected chi connectivity index (χ1v) is 7.80. The highest BCUT2D eigenvalue weighted by Crippen LogP contribution is 2.28. The van der Waals surface area contributed by atoms with E-state index in [1.54, 1.807) is 18.3 Å². The van der Waals surface area contributed by atoms with Crippen LogP contribution in [0.4, 0.5) is 0 Å². The minimum Gasteiger partial charge on any atom is -0.464 e. The molecule has 132 valence electrons. The van der Waals surface area contributed by atoms with Crippen molar-refractivity contribution in [1.29, 1.82) is 0 Å². The van der Waals surface area contributed by atoms with Gasteiger partial charge in [0.2, 0.25) is 5.88 Å². The SMILES string of the molecule is CO/N=C(\C(=O)OC)c1cccnc1Oc1ccc(C(C)(C)C)cc1. The summed E-state index contributed by atoms with van der Waals surface area (Å²) in [6.45, 7) is 6.43. The van der Waals surface area contributed by atoms with E-state index in [0.29, 0.717) is 11.3 Å². The first-order valence-electron chi connectivity index (χ1n) is 7.80. The molecule has 0 bridgehead atoms. The van der Waals surface area contributed by atoms with E-state index >= 15 is 0 Å². The maximum absolute atomic E-state index is 11.9. The molecule has 25 heavy (non-hydrogen) atoms. The number of esters is 1. The van der Waals surface area contributed by atoms with Crippen molar-refractivity contribution in [1.82, 2.24) is 4.98 Å². The first-order chi connectivity index (χ1) is 11.9. The van der Waals surface area contributed by atoms with Crippen LogP contribution in [0.2, 0.25) is 0 Å². The van der Waals surface area contributed by atoms with Gasteiger partial charge in [-0.1, -0.05) is 38.1 Å². The highest BCUT2D eigenvalue weighted by molar-refractivity contribution is 6.43. The van der Waals surface area contributed by atoms with Crippen molar-refractivity contribution < 1.29 is 19.1 Å². The monoisotopic (exact) mass is 342 g/mol. The number of methoxy groups -OCH3 is 1. The molecule has 1 heterocycles. The molecular weight excluding hydrogens is 320 g/mol. The van der Waals surface area contributed by atoms with Gasteiger partial charge in [-0.15, -0.1) is 0 Å². The molecule has 1 aromatic heterocycles. The normalized spacial score (nSPS) is 11.8. The molecule has 2 aromatic rings. The van der Waals surface area contributed by atoms with Crippen LogP contribution in [0.1, 0.15) is 31.9 Å². The fourth-order valence-corrected chi connectivity index (χ4v) is 2.17. The highest BCUT2D eigenvalue weighted by Gasteiger charge is 2.21. The number of aromatic nitrogens is 1. The lowest BCUT2D eigenvalue weighted by Gasteiger charge is -2.19. The Morgan fingerprint density at radius 3 is 2.32 bits per heavy atom. The van der Waals surface area contributed by atoms with Gasteiger partial charge < -0.3 is 14.3 Å². The van der Waals surface area contributed by atoms with Crippen molar-refractivity contribution >= 4 is 11.7 Å². The zero-order valence-electron chi connectivity index (χ0n) is 15.1. The molecule has 0 fully saturated rings. The number of ether oxygens (including phenoxy) is 2. The number of benzene rings is 1. The fourth-order valence-electron chi connectivity index (χ4n) is 2.17. The smallest absolute Gasteiger partial charge is 0.360 e. The Balaban J connectivity index is 2.35. The number of hydrogen-bond donors (Lipinski definition) is 0. The maximum atomic E-state index is 11.9. The molecule has 6 heteroatoms. The van der Waals surface area contributed by atoms with Crippen LogP contribution >= 0.6 is 0 Å². The number of oxime groups is 1. The molecule has 0 saturated carbocycles. The molecule has 0 aliphatic rings. The zero-order chi connectivity index (χ0) is 18.4. The van der Waals surface area contributed by atoms with Crippen molar-refractivity contribution in [3.8, 4) is 11.6 Å². The standard InChI is InChI=1S/C19H22N2O4/c1-19(2,3)13-8-10-14(11-9-13)25-17-15(7-6-12-20-17)16(21-24-5)18(22)23-4/h6-12H,1-5H3/b21-16-. The summed E-state index contributed by atoms with van der Waals surface area (Å²) in [7, 11) is 2.63. The molecule has 6 nitrogen and oxygen atoms in total. The van der Waals surface area contributed by atoms with Crippen LogP contribution in [0.5, 0.6) is 11.6 Å². The van der Waals surface area contributed by atoms with E-state index in [4.69, 9.17) is 14.3 Å². The Kier molecular flexibility index (Phi) is 5.75. The quantitative estimate of drug-likeness (QED) is 0.471. The molecule has 0 radical (unpaired) electrons. The maximum Gasteiger partial charge on any atom is 0.360 e. The van der Waals surface area contributed by atoms with Crippen molar-refractivity contribution in [3.05, 3.63) is 53.7 Å². The summed E-state index contributed by atoms with van der Waals surface area (Å²) in [4.78, 5) is 20.9. The first kappa shape index (κ1) is 18.4. The second kappa shape index (κ2) is 7.79. The van der Waals surface area contributed by atoms with E-state index in [1.807, 2.05) is 24.3 Å². The summed E-state index contributed by atoms with van der Waals surface area (Å²) in [6, 6.07) is 11.1. The number of carbonyl (C=O) groups excluding carboxylic acids is 1. The number of rotatable bonds is 5. The highest BCUT2D eigenvalue weighted by atomic mass is 16.6. The number of carbonyl (C=O) groups is 1. The van der Waals surface area contributed by atoms with Gasteiger partial charge in [-0.25, -0.2) is 9.78 Å². The number of pyridine rings is 1. The molecular formula is C19H22N2O4. The molecule has 0 atom stereocenters. The molecule has 0 N–H and O–H groups in total. The third-order valence-corrected chi connectivity index (χ3v) is 3.52. The summed E-state index contributed by atoms with van der Waals surface area (Å²) in [5.74, 6) is 0.213. The summed E-state index contributed by atoms with van der Waals surface area (Å²) < 4.78 is 10.6. The van der Waals surface area contributed by atoms with Gasteiger partial charge in [0.15, 0.2) is 5.71 Å². The van der Waals surface area contributed by atoms with Gasteiger partial charge in [0, 0.05) is 6.20 Å². The molecule has 0 aliphatic heterocycles. The Hall–Kier alpha value is -2.89. The third-order valence-electron chi connectivity index (χ3n) is 3.52. The minimum absolute atomic E-state index is 0.0144. The van der Waals surface area contributed by atoms with Gasteiger partial charge in [0.25, 0.3) is 0 Å². The van der Waals surface area contributed by atoms with E-state index in [1.165, 1.54) is 19.8 Å². The summed E-state index contributed by atoms with van der Waals surface area (Å²) in [5.41, 5.74) is 1.62. The van der Waals surface area contributed by atoms with Gasteiger partial charge in [-0.2, -0.15) is 0 Å². The van der Waals surface area contributed by atoms with Crippen LogP contribution in [0, 0.1) is 0 Å². The third kappa shape index (κ3) is 4.56. The Labute approximate surface area is 147 Å². The largest absolute Gasteiger partial charge is 0.464 e. The second-order valence-corrected chi connectivity index (χ2v) is 6.35. The van der Waals surface area contributed by atoms with Gasteiger partial charge in [0.05, 0.1) is 12.7 Å². The van der Waals surface area contributed by atoms with Crippen LogP contribution in [0.15, 0.2) is 47.8 Å². The van der Waals surface area contributed by atoms with Gasteiger partial charge in [0.1, 0.15) is 12.9 Å². The van der Waals surface area contributed by atoms with Crippen molar-refractivity contribution in [2.75, 3.05) is 14.2 Å². The van der Waals surface area contributed by atoms with Crippen LogP contribution in [0.25, 0.3) is 0 Å². The van der Waals surface area contributed by atoms with E-state index in [9.17, 15) is 4.79 Å². The lowest BCUT2D eigenvalue weighted by molar-refractivity contribution is -0.132. The molecule has 0 aliphatic carbocycles. The zero-order valence-corrected chi connectivity index (χ0v) is 15.1. The molecule has 0 saturated heterocycles. The predicted molar refractivity (Wildman–Crippen MR) is 95.0 cm³/mol. The molecule has 0 unspecified atom stereocenters. The van der Waals surface area contributed by atoms with E-state index in [2.05, 4.69) is 30.9 Å². The number of hydrogen-bond acceptors (Lipinski definition) is 6. The van der Waals surface area contributed by atoms with Crippen LogP contribution in [-0.2, 0) is 19.8 Å². The van der Waals surface area contributed by atoms with Crippen LogP contribution in [-0.4, -0.2) is 30.9 Å². The fraction of sp³-hybridized carbons (Fsp3) is 0.316. The summed E-state index contributed by atoms with van der Waals surface area (Å²) in [5, 5.41) is 3.74. The van der Waals surface area contributed by atoms with E-state index in [0.717, 1.165) is 0 Å². The van der Waals surface area contributed by atoms with Crippen molar-refractivity contribution in [2.45, 2.75) is 26.2 Å². The van der Waals surface area contributed by atoms with Crippen LogP contribution in [0.3, 0.4) is 0 Å². The lowest BCUT2D eigenvalue weighted by Crippen LogP contribution is -2.18. The van der Waals surface area contributed by atoms with E-state index in [-0.39, 0.29) is 17.0 Å². The molecule has 0 spiro atoms. The molecule has 1 aromatic carbocycles. The summed E-state index contributed by atoms with van der Waals surface area (Å²) >= 11 is 0. The van der Waals surface area contributed by atoms with Crippen molar-refractivity contribution in [3.63, 3.8) is 0 Å².